The lowest BCUT2D eigenvalue weighted by Crippen LogP contribution is -2.39. The van der Waals surface area contributed by atoms with Crippen molar-refractivity contribution in [1.82, 2.24) is 14.5 Å². The van der Waals surface area contributed by atoms with Crippen molar-refractivity contribution in [1.29, 1.82) is 0 Å². The van der Waals surface area contributed by atoms with E-state index in [0.29, 0.717) is 17.7 Å². The highest BCUT2D eigenvalue weighted by Crippen LogP contribution is 2.36. The first-order valence-electron chi connectivity index (χ1n) is 10.3. The predicted octanol–water partition coefficient (Wildman–Crippen LogP) is 2.38. The molecule has 0 aliphatic carbocycles. The third kappa shape index (κ3) is 2.90. The number of likely N-dealkylation sites (tertiary alicyclic amines) is 1. The molecule has 3 fully saturated rings. The first-order valence-corrected chi connectivity index (χ1v) is 10.3. The molecule has 0 spiro atoms. The van der Waals surface area contributed by atoms with Gasteiger partial charge in [-0.1, -0.05) is 12.1 Å². The molecule has 1 aromatic carbocycles. The number of para-hydroxylation sites is 2. The Kier molecular flexibility index (Phi) is 4.31. The molecule has 144 valence electrons. The summed E-state index contributed by atoms with van der Waals surface area (Å²) in [7, 11) is 0. The van der Waals surface area contributed by atoms with Crippen molar-refractivity contribution in [2.75, 3.05) is 44.3 Å². The van der Waals surface area contributed by atoms with Gasteiger partial charge in [-0.15, -0.1) is 0 Å². The third-order valence-electron chi connectivity index (χ3n) is 6.60. The van der Waals surface area contributed by atoms with Gasteiger partial charge in [-0.3, -0.25) is 4.79 Å². The van der Waals surface area contributed by atoms with E-state index < -0.39 is 0 Å². The molecule has 2 unspecified atom stereocenters. The molecule has 3 aliphatic heterocycles. The molecule has 27 heavy (non-hydrogen) atoms. The van der Waals surface area contributed by atoms with Crippen LogP contribution in [0.3, 0.4) is 0 Å². The topological polar surface area (TPSA) is 50.6 Å². The molecule has 6 nitrogen and oxygen atoms in total. The largest absolute Gasteiger partial charge is 0.381 e. The molecule has 3 saturated heterocycles. The number of aromatic nitrogens is 2. The number of carbonyl (C=O) groups excluding carboxylic acids is 1. The quantitative estimate of drug-likeness (QED) is 0.835. The second-order valence-electron chi connectivity index (χ2n) is 8.20. The van der Waals surface area contributed by atoms with Crippen LogP contribution in [0.2, 0.25) is 0 Å². The van der Waals surface area contributed by atoms with Crippen molar-refractivity contribution >= 4 is 22.9 Å². The highest BCUT2D eigenvalue weighted by atomic mass is 16.5. The van der Waals surface area contributed by atoms with Crippen LogP contribution in [0.4, 0.5) is 5.95 Å². The van der Waals surface area contributed by atoms with Gasteiger partial charge in [-0.05, 0) is 31.9 Å². The minimum absolute atomic E-state index is 0.179. The average molecular weight is 368 g/mol. The minimum atomic E-state index is 0.179. The summed E-state index contributed by atoms with van der Waals surface area (Å²) in [6, 6.07) is 8.38. The fraction of sp³-hybridized carbons (Fsp3) is 0.619. The second-order valence-corrected chi connectivity index (χ2v) is 8.20. The standard InChI is InChI=1S/C21H28N4O2/c1-2-25-19-6-4-3-5-18(19)22-21(25)24-13-16-11-23(12-17(16)14-24)20(26)15-7-9-27-10-8-15/h3-6,15-17H,2,7-14H2,1H3. The SMILES string of the molecule is CCn1c(N2CC3CN(C(=O)C4CCOCC4)CC3C2)nc2ccccc21. The third-order valence-corrected chi connectivity index (χ3v) is 6.60. The lowest BCUT2D eigenvalue weighted by atomic mass is 9.99. The zero-order valence-electron chi connectivity index (χ0n) is 16.0. The summed E-state index contributed by atoms with van der Waals surface area (Å²) in [5.74, 6) is 2.77. The van der Waals surface area contributed by atoms with Gasteiger partial charge in [-0.25, -0.2) is 4.98 Å². The number of nitrogens with zero attached hydrogens (tertiary/aromatic N) is 4. The Morgan fingerprint density at radius 2 is 1.81 bits per heavy atom. The molecule has 2 atom stereocenters. The number of aryl methyl sites for hydroxylation is 1. The number of ether oxygens (including phenoxy) is 1. The van der Waals surface area contributed by atoms with Crippen LogP contribution >= 0.6 is 0 Å². The van der Waals surface area contributed by atoms with E-state index in [1.165, 1.54) is 5.52 Å². The Balaban J connectivity index is 1.29. The van der Waals surface area contributed by atoms with Gasteiger partial charge in [0.15, 0.2) is 0 Å². The normalized spacial score (nSPS) is 26.1. The van der Waals surface area contributed by atoms with E-state index >= 15 is 0 Å². The van der Waals surface area contributed by atoms with E-state index in [9.17, 15) is 4.79 Å². The van der Waals surface area contributed by atoms with E-state index in [-0.39, 0.29) is 5.92 Å². The maximum Gasteiger partial charge on any atom is 0.225 e. The molecule has 4 heterocycles. The molecule has 2 aromatic rings. The van der Waals surface area contributed by atoms with E-state index in [1.807, 2.05) is 0 Å². The number of benzene rings is 1. The number of hydrogen-bond acceptors (Lipinski definition) is 4. The number of rotatable bonds is 3. The summed E-state index contributed by atoms with van der Waals surface area (Å²) in [6.07, 6.45) is 1.77. The van der Waals surface area contributed by atoms with Gasteiger partial charge in [0.2, 0.25) is 11.9 Å². The Bertz CT molecular complexity index is 828. The monoisotopic (exact) mass is 368 g/mol. The van der Waals surface area contributed by atoms with Gasteiger partial charge in [-0.2, -0.15) is 0 Å². The highest BCUT2D eigenvalue weighted by molar-refractivity contribution is 5.80. The fourth-order valence-corrected chi connectivity index (χ4v) is 5.16. The molecule has 0 radical (unpaired) electrons. The van der Waals surface area contributed by atoms with Crippen molar-refractivity contribution in [3.8, 4) is 0 Å². The van der Waals surface area contributed by atoms with Gasteiger partial charge in [0.05, 0.1) is 11.0 Å². The lowest BCUT2D eigenvalue weighted by molar-refractivity contribution is -0.137. The molecule has 1 aromatic heterocycles. The van der Waals surface area contributed by atoms with Gasteiger partial charge in [0.25, 0.3) is 0 Å². The van der Waals surface area contributed by atoms with Crippen LogP contribution in [0.15, 0.2) is 24.3 Å². The molecule has 1 amide bonds. The number of anilines is 1. The summed E-state index contributed by atoms with van der Waals surface area (Å²) in [5.41, 5.74) is 2.28. The second kappa shape index (κ2) is 6.82. The van der Waals surface area contributed by atoms with Gasteiger partial charge >= 0.3 is 0 Å². The molecular formula is C21H28N4O2. The molecule has 0 N–H and O–H groups in total. The highest BCUT2D eigenvalue weighted by Gasteiger charge is 2.43. The van der Waals surface area contributed by atoms with Gasteiger partial charge in [0, 0.05) is 63.7 Å². The molecular weight excluding hydrogens is 340 g/mol. The molecule has 6 heteroatoms. The Labute approximate surface area is 160 Å². The maximum atomic E-state index is 12.8. The van der Waals surface area contributed by atoms with Crippen LogP contribution < -0.4 is 4.90 Å². The van der Waals surface area contributed by atoms with Crippen LogP contribution in [0.5, 0.6) is 0 Å². The Morgan fingerprint density at radius 3 is 2.52 bits per heavy atom. The zero-order valence-corrected chi connectivity index (χ0v) is 16.0. The summed E-state index contributed by atoms with van der Waals surface area (Å²) in [4.78, 5) is 22.3. The van der Waals surface area contributed by atoms with Crippen LogP contribution in [0.1, 0.15) is 19.8 Å². The number of amides is 1. The van der Waals surface area contributed by atoms with Gasteiger partial charge in [0.1, 0.15) is 0 Å². The smallest absolute Gasteiger partial charge is 0.225 e. The van der Waals surface area contributed by atoms with Crippen LogP contribution in [0, 0.1) is 17.8 Å². The van der Waals surface area contributed by atoms with Crippen LogP contribution in [0.25, 0.3) is 11.0 Å². The van der Waals surface area contributed by atoms with Crippen LogP contribution in [-0.4, -0.2) is 59.8 Å². The molecule has 0 saturated carbocycles. The summed E-state index contributed by atoms with van der Waals surface area (Å²) >= 11 is 0. The van der Waals surface area contributed by atoms with E-state index in [4.69, 9.17) is 9.72 Å². The van der Waals surface area contributed by atoms with Crippen molar-refractivity contribution < 1.29 is 9.53 Å². The van der Waals surface area contributed by atoms with E-state index in [0.717, 1.165) is 70.2 Å². The number of imidazole rings is 1. The number of fused-ring (bicyclic) bond motifs is 2. The van der Waals surface area contributed by atoms with Crippen molar-refractivity contribution in [2.24, 2.45) is 17.8 Å². The minimum Gasteiger partial charge on any atom is -0.381 e. The van der Waals surface area contributed by atoms with Crippen molar-refractivity contribution in [3.05, 3.63) is 24.3 Å². The molecule has 3 aliphatic rings. The van der Waals surface area contributed by atoms with E-state index in [2.05, 4.69) is 45.6 Å². The summed E-state index contributed by atoms with van der Waals surface area (Å²) in [6.45, 7) is 8.40. The zero-order chi connectivity index (χ0) is 18.4. The maximum absolute atomic E-state index is 12.8. The fourth-order valence-electron chi connectivity index (χ4n) is 5.16. The average Bonchev–Trinajstić information content (AvgIpc) is 3.38. The predicted molar refractivity (Wildman–Crippen MR) is 105 cm³/mol. The van der Waals surface area contributed by atoms with Crippen molar-refractivity contribution in [2.45, 2.75) is 26.3 Å². The summed E-state index contributed by atoms with van der Waals surface area (Å²) < 4.78 is 7.73. The molecule has 5 rings (SSSR count). The number of carbonyl (C=O) groups is 1. The Hall–Kier alpha value is -2.08. The first kappa shape index (κ1) is 17.0. The first-order chi connectivity index (χ1) is 13.2. The summed E-state index contributed by atoms with van der Waals surface area (Å²) in [5, 5.41) is 0. The Morgan fingerprint density at radius 1 is 1.11 bits per heavy atom. The molecule has 0 bridgehead atoms. The number of hydrogen-bond donors (Lipinski definition) is 0. The lowest BCUT2D eigenvalue weighted by Gasteiger charge is -2.28. The van der Waals surface area contributed by atoms with Gasteiger partial charge < -0.3 is 19.1 Å². The van der Waals surface area contributed by atoms with Crippen LogP contribution in [-0.2, 0) is 16.1 Å². The van der Waals surface area contributed by atoms with E-state index in [1.54, 1.807) is 0 Å². The van der Waals surface area contributed by atoms with Crippen molar-refractivity contribution in [3.63, 3.8) is 0 Å².